The molecule has 23 heavy (non-hydrogen) atoms. The maximum Gasteiger partial charge on any atom is 0.319 e. The number of rotatable bonds is 5. The lowest BCUT2D eigenvalue weighted by atomic mass is 10.2. The van der Waals surface area contributed by atoms with Gasteiger partial charge in [-0.2, -0.15) is 0 Å². The number of nitrogens with zero attached hydrogens (tertiary/aromatic N) is 3. The van der Waals surface area contributed by atoms with Gasteiger partial charge in [0.15, 0.2) is 0 Å². The molecule has 2 rings (SSSR count). The molecule has 6 nitrogen and oxygen atoms in total. The van der Waals surface area contributed by atoms with E-state index in [1.54, 1.807) is 19.0 Å². The van der Waals surface area contributed by atoms with Gasteiger partial charge >= 0.3 is 6.03 Å². The molecule has 0 radical (unpaired) electrons. The first-order chi connectivity index (χ1) is 11.0. The van der Waals surface area contributed by atoms with Gasteiger partial charge in [-0.15, -0.1) is 0 Å². The van der Waals surface area contributed by atoms with Gasteiger partial charge in [-0.1, -0.05) is 17.7 Å². The Labute approximate surface area is 138 Å². The van der Waals surface area contributed by atoms with Crippen molar-refractivity contribution in [2.24, 2.45) is 0 Å². The van der Waals surface area contributed by atoms with Crippen LogP contribution in [0.5, 0.6) is 5.75 Å². The van der Waals surface area contributed by atoms with Gasteiger partial charge < -0.3 is 19.6 Å². The largest absolute Gasteiger partial charge is 0.491 e. The first-order valence-corrected chi connectivity index (χ1v) is 8.02. The zero-order chi connectivity index (χ0) is 16.8. The van der Waals surface area contributed by atoms with Crippen LogP contribution in [0.4, 0.5) is 4.79 Å². The second-order valence-electron chi connectivity index (χ2n) is 6.24. The summed E-state index contributed by atoms with van der Waals surface area (Å²) >= 11 is 0. The van der Waals surface area contributed by atoms with Crippen LogP contribution in [0.1, 0.15) is 5.56 Å². The van der Waals surface area contributed by atoms with Crippen LogP contribution in [0.25, 0.3) is 0 Å². The highest BCUT2D eigenvalue weighted by Crippen LogP contribution is 2.12. The molecule has 0 saturated carbocycles. The Morgan fingerprint density at radius 3 is 2.39 bits per heavy atom. The summed E-state index contributed by atoms with van der Waals surface area (Å²) in [5, 5.41) is 10.1. The van der Waals surface area contributed by atoms with Crippen LogP contribution >= 0.6 is 0 Å². The molecule has 1 aromatic rings. The summed E-state index contributed by atoms with van der Waals surface area (Å²) in [5.74, 6) is 0.774. The molecule has 1 unspecified atom stereocenters. The van der Waals surface area contributed by atoms with E-state index in [1.165, 1.54) is 5.56 Å². The number of hydrogen-bond donors (Lipinski definition) is 1. The van der Waals surface area contributed by atoms with E-state index in [1.807, 2.05) is 36.1 Å². The maximum absolute atomic E-state index is 11.9. The highest BCUT2D eigenvalue weighted by Gasteiger charge is 2.23. The van der Waals surface area contributed by atoms with Gasteiger partial charge in [0.2, 0.25) is 0 Å². The molecule has 1 aliphatic rings. The predicted octanol–water partition coefficient (Wildman–Crippen LogP) is 1.03. The van der Waals surface area contributed by atoms with Crippen molar-refractivity contribution in [2.75, 3.05) is 53.4 Å². The number of ether oxygens (including phenoxy) is 1. The highest BCUT2D eigenvalue weighted by atomic mass is 16.5. The molecule has 1 saturated heterocycles. The monoisotopic (exact) mass is 321 g/mol. The lowest BCUT2D eigenvalue weighted by Crippen LogP contribution is -2.53. The Balaban J connectivity index is 1.69. The van der Waals surface area contributed by atoms with Crippen LogP contribution in [0, 0.1) is 6.92 Å². The normalized spacial score (nSPS) is 17.0. The van der Waals surface area contributed by atoms with Gasteiger partial charge in [-0.05, 0) is 19.1 Å². The van der Waals surface area contributed by atoms with Gasteiger partial charge in [0.25, 0.3) is 0 Å². The van der Waals surface area contributed by atoms with E-state index < -0.39 is 6.10 Å². The Morgan fingerprint density at radius 1 is 1.22 bits per heavy atom. The number of urea groups is 1. The molecule has 1 aromatic carbocycles. The summed E-state index contributed by atoms with van der Waals surface area (Å²) in [6.45, 7) is 5.82. The van der Waals surface area contributed by atoms with Crippen molar-refractivity contribution in [2.45, 2.75) is 13.0 Å². The van der Waals surface area contributed by atoms with Gasteiger partial charge in [0.05, 0.1) is 0 Å². The number of aliphatic hydroxyl groups is 1. The van der Waals surface area contributed by atoms with Crippen molar-refractivity contribution in [3.05, 3.63) is 29.8 Å². The predicted molar refractivity (Wildman–Crippen MR) is 89.8 cm³/mol. The van der Waals surface area contributed by atoms with Crippen LogP contribution in [0.2, 0.25) is 0 Å². The van der Waals surface area contributed by atoms with Crippen LogP contribution in [-0.2, 0) is 0 Å². The minimum absolute atomic E-state index is 0.0490. The molecule has 0 aromatic heterocycles. The summed E-state index contributed by atoms with van der Waals surface area (Å²) < 4.78 is 5.61. The number of benzene rings is 1. The molecule has 128 valence electrons. The van der Waals surface area contributed by atoms with Gasteiger partial charge in [-0.3, -0.25) is 4.90 Å². The molecule has 0 aliphatic carbocycles. The van der Waals surface area contributed by atoms with Crippen molar-refractivity contribution in [1.82, 2.24) is 14.7 Å². The zero-order valence-corrected chi connectivity index (χ0v) is 14.2. The first-order valence-electron chi connectivity index (χ1n) is 8.02. The number of β-amino-alcohol motifs (C(OH)–C–C–N with tert-alkyl or cyclic N) is 1. The Kier molecular flexibility index (Phi) is 6.24. The van der Waals surface area contributed by atoms with Crippen LogP contribution in [-0.4, -0.2) is 85.4 Å². The molecule has 1 fully saturated rings. The van der Waals surface area contributed by atoms with E-state index in [-0.39, 0.29) is 12.6 Å². The van der Waals surface area contributed by atoms with E-state index in [4.69, 9.17) is 4.74 Å². The zero-order valence-electron chi connectivity index (χ0n) is 14.2. The molecular weight excluding hydrogens is 294 g/mol. The fraction of sp³-hybridized carbons (Fsp3) is 0.588. The summed E-state index contributed by atoms with van der Waals surface area (Å²) in [6, 6.07) is 7.85. The van der Waals surface area contributed by atoms with Crippen molar-refractivity contribution in [1.29, 1.82) is 0 Å². The summed E-state index contributed by atoms with van der Waals surface area (Å²) in [6.07, 6.45) is -0.535. The maximum atomic E-state index is 11.9. The van der Waals surface area contributed by atoms with E-state index in [0.29, 0.717) is 19.6 Å². The van der Waals surface area contributed by atoms with Crippen LogP contribution < -0.4 is 4.74 Å². The molecule has 6 heteroatoms. The topological polar surface area (TPSA) is 56.3 Å². The Bertz CT molecular complexity index is 496. The van der Waals surface area contributed by atoms with Gasteiger partial charge in [0.1, 0.15) is 18.5 Å². The summed E-state index contributed by atoms with van der Waals surface area (Å²) in [5.41, 5.74) is 1.18. The molecular formula is C17H27N3O3. The molecule has 0 spiro atoms. The number of amides is 2. The third kappa shape index (κ3) is 5.41. The van der Waals surface area contributed by atoms with Crippen LogP contribution in [0.15, 0.2) is 24.3 Å². The molecule has 2 amide bonds. The number of carbonyl (C=O) groups excluding carboxylic acids is 1. The van der Waals surface area contributed by atoms with Crippen molar-refractivity contribution >= 4 is 6.03 Å². The minimum atomic E-state index is -0.535. The minimum Gasteiger partial charge on any atom is -0.491 e. The second-order valence-corrected chi connectivity index (χ2v) is 6.24. The molecule has 1 heterocycles. The standard InChI is InChI=1S/C17H27N3O3/c1-14-4-6-16(7-5-14)23-13-15(21)12-19-8-10-20(11-9-19)17(22)18(2)3/h4-7,15,21H,8-13H2,1-3H3. The summed E-state index contributed by atoms with van der Waals surface area (Å²) in [7, 11) is 3.53. The Hall–Kier alpha value is -1.79. The van der Waals surface area contributed by atoms with Crippen LogP contribution in [0.3, 0.4) is 0 Å². The first kappa shape index (κ1) is 17.6. The average molecular weight is 321 g/mol. The fourth-order valence-electron chi connectivity index (χ4n) is 2.58. The second kappa shape index (κ2) is 8.17. The molecule has 1 atom stereocenters. The third-order valence-electron chi connectivity index (χ3n) is 3.96. The van der Waals surface area contributed by atoms with Crippen molar-refractivity contribution in [3.63, 3.8) is 0 Å². The molecule has 0 bridgehead atoms. The SMILES string of the molecule is Cc1ccc(OCC(O)CN2CCN(C(=O)N(C)C)CC2)cc1. The van der Waals surface area contributed by atoms with E-state index in [9.17, 15) is 9.90 Å². The van der Waals surface area contributed by atoms with E-state index in [0.717, 1.165) is 18.8 Å². The number of aliphatic hydroxyl groups excluding tert-OH is 1. The smallest absolute Gasteiger partial charge is 0.319 e. The lowest BCUT2D eigenvalue weighted by molar-refractivity contribution is 0.0494. The average Bonchev–Trinajstić information content (AvgIpc) is 2.54. The van der Waals surface area contributed by atoms with E-state index in [2.05, 4.69) is 4.90 Å². The van der Waals surface area contributed by atoms with Gasteiger partial charge in [0, 0.05) is 46.8 Å². The highest BCUT2D eigenvalue weighted by molar-refractivity contribution is 5.73. The number of aryl methyl sites for hydroxylation is 1. The number of carbonyl (C=O) groups is 1. The fourth-order valence-corrected chi connectivity index (χ4v) is 2.58. The lowest BCUT2D eigenvalue weighted by Gasteiger charge is -2.36. The summed E-state index contributed by atoms with van der Waals surface area (Å²) in [4.78, 5) is 17.5. The molecule has 1 N–H and O–H groups in total. The Morgan fingerprint density at radius 2 is 1.83 bits per heavy atom. The quantitative estimate of drug-likeness (QED) is 0.880. The molecule has 1 aliphatic heterocycles. The van der Waals surface area contributed by atoms with Gasteiger partial charge in [-0.25, -0.2) is 4.79 Å². The number of hydrogen-bond acceptors (Lipinski definition) is 4. The van der Waals surface area contributed by atoms with E-state index >= 15 is 0 Å². The third-order valence-corrected chi connectivity index (χ3v) is 3.96. The van der Waals surface area contributed by atoms with Crippen molar-refractivity contribution in [3.8, 4) is 5.75 Å². The van der Waals surface area contributed by atoms with Crippen molar-refractivity contribution < 1.29 is 14.6 Å². The number of piperazine rings is 1.